The van der Waals surface area contributed by atoms with Crippen molar-refractivity contribution in [3.63, 3.8) is 0 Å². The maximum atomic E-state index is 15.7. The summed E-state index contributed by atoms with van der Waals surface area (Å²) in [5, 5.41) is 20.8. The van der Waals surface area contributed by atoms with E-state index in [1.54, 1.807) is 31.8 Å². The highest BCUT2D eigenvalue weighted by Gasteiger charge is 2.31. The van der Waals surface area contributed by atoms with E-state index < -0.39 is 0 Å². The first-order chi connectivity index (χ1) is 39.2. The maximum Gasteiger partial charge on any atom is 0.263 e. The summed E-state index contributed by atoms with van der Waals surface area (Å²) in [5.74, 6) is 0.906. The molecule has 0 N–H and O–H groups in total. The van der Waals surface area contributed by atoms with Crippen LogP contribution >= 0.6 is 22.7 Å². The molecule has 11 aromatic rings. The fourth-order valence-corrected chi connectivity index (χ4v) is 16.9. The fraction of sp³-hybridized carbons (Fsp3) is 0.500. The zero-order valence-corrected chi connectivity index (χ0v) is 50.6. The summed E-state index contributed by atoms with van der Waals surface area (Å²) >= 11 is 3.15. The summed E-state index contributed by atoms with van der Waals surface area (Å²) in [6.07, 6.45) is 29.0. The summed E-state index contributed by atoms with van der Waals surface area (Å²) in [7, 11) is 0. The number of thiophene rings is 2. The van der Waals surface area contributed by atoms with Gasteiger partial charge in [0.1, 0.15) is 0 Å². The van der Waals surface area contributed by atoms with Gasteiger partial charge >= 0.3 is 0 Å². The van der Waals surface area contributed by atoms with Gasteiger partial charge in [-0.1, -0.05) is 219 Å². The van der Waals surface area contributed by atoms with Gasteiger partial charge in [-0.05, 0) is 126 Å². The van der Waals surface area contributed by atoms with Crippen LogP contribution in [0.1, 0.15) is 221 Å². The van der Waals surface area contributed by atoms with Crippen LogP contribution in [0.2, 0.25) is 0 Å². The largest absolute Gasteiger partial charge is 0.271 e. The molecule has 0 aliphatic carbocycles. The topological polar surface area (TPSA) is 78.1 Å². The molecule has 420 valence electrons. The Morgan fingerprint density at radius 1 is 0.338 bits per heavy atom. The molecule has 0 aliphatic heterocycles. The van der Waals surface area contributed by atoms with Crippen molar-refractivity contribution in [2.24, 2.45) is 11.8 Å². The van der Waals surface area contributed by atoms with Crippen LogP contribution in [0.25, 0.3) is 106 Å². The molecular weight excluding hydrogens is 1020 g/mol. The monoisotopic (exact) mass is 1110 g/mol. The lowest BCUT2D eigenvalue weighted by molar-refractivity contribution is 0.307. The van der Waals surface area contributed by atoms with E-state index in [0.29, 0.717) is 33.4 Å². The predicted octanol–water partition coefficient (Wildman–Crippen LogP) is 21.3. The van der Waals surface area contributed by atoms with E-state index in [1.165, 1.54) is 64.2 Å². The number of fused-ring (bicyclic) bond motifs is 16. The van der Waals surface area contributed by atoms with Crippen LogP contribution in [0.5, 0.6) is 0 Å². The minimum Gasteiger partial charge on any atom is -0.271 e. The van der Waals surface area contributed by atoms with Crippen molar-refractivity contribution in [2.75, 3.05) is 0 Å². The van der Waals surface area contributed by atoms with Gasteiger partial charge in [-0.15, -0.1) is 22.7 Å². The number of benzene rings is 7. The van der Waals surface area contributed by atoms with Crippen LogP contribution < -0.4 is 22.2 Å². The van der Waals surface area contributed by atoms with E-state index in [-0.39, 0.29) is 34.3 Å². The Bertz CT molecular complexity index is 3930. The molecule has 0 amide bonds. The van der Waals surface area contributed by atoms with E-state index in [1.807, 2.05) is 0 Å². The van der Waals surface area contributed by atoms with Crippen LogP contribution in [-0.4, -0.2) is 9.13 Å². The lowest BCUT2D eigenvalue weighted by Crippen LogP contribution is -2.31. The molecule has 6 nitrogen and oxygen atoms in total. The van der Waals surface area contributed by atoms with Crippen molar-refractivity contribution < 1.29 is 0 Å². The molecule has 4 atom stereocenters. The van der Waals surface area contributed by atoms with Crippen molar-refractivity contribution in [3.05, 3.63) is 113 Å². The predicted molar refractivity (Wildman–Crippen MR) is 351 cm³/mol. The zero-order chi connectivity index (χ0) is 55.6. The second-order valence-corrected chi connectivity index (χ2v) is 26.2. The van der Waals surface area contributed by atoms with Crippen LogP contribution in [-0.2, 0) is 0 Å². The van der Waals surface area contributed by atoms with Crippen molar-refractivity contribution in [1.82, 2.24) is 9.13 Å². The lowest BCUT2D eigenvalue weighted by Gasteiger charge is -2.23. The first-order valence-electron chi connectivity index (χ1n) is 31.8. The van der Waals surface area contributed by atoms with Gasteiger partial charge in [0.2, 0.25) is 0 Å². The molecule has 0 saturated carbocycles. The van der Waals surface area contributed by atoms with E-state index in [0.717, 1.165) is 188 Å². The van der Waals surface area contributed by atoms with Gasteiger partial charge < -0.3 is 0 Å². The molecule has 0 radical (unpaired) electrons. The van der Waals surface area contributed by atoms with E-state index in [4.69, 9.17) is 0 Å². The Morgan fingerprint density at radius 2 is 0.688 bits per heavy atom. The molecule has 11 rings (SSSR count). The fourth-order valence-electron chi connectivity index (χ4n) is 15.0. The van der Waals surface area contributed by atoms with Gasteiger partial charge in [0.05, 0.1) is 21.5 Å². The summed E-state index contributed by atoms with van der Waals surface area (Å²) in [5.41, 5.74) is -0.508. The average Bonchev–Trinajstić information content (AvgIpc) is 4.43. The van der Waals surface area contributed by atoms with Crippen molar-refractivity contribution >= 4 is 129 Å². The Labute approximate surface area is 480 Å². The number of hydrogen-bond acceptors (Lipinski definition) is 6. The molecule has 0 spiro atoms. The molecule has 0 aliphatic rings. The molecule has 0 bridgehead atoms. The Kier molecular flexibility index (Phi) is 17.6. The molecule has 0 fully saturated rings. The zero-order valence-electron chi connectivity index (χ0n) is 49.0. The molecule has 80 heavy (non-hydrogen) atoms. The molecule has 8 heteroatoms. The minimum absolute atomic E-state index is 0.121. The molecule has 7 aromatic carbocycles. The van der Waals surface area contributed by atoms with Crippen LogP contribution in [0.4, 0.5) is 0 Å². The number of rotatable bonds is 30. The van der Waals surface area contributed by atoms with Crippen molar-refractivity contribution in [2.45, 2.75) is 221 Å². The van der Waals surface area contributed by atoms with Crippen molar-refractivity contribution in [3.8, 4) is 0 Å². The third-order valence-corrected chi connectivity index (χ3v) is 21.2. The second-order valence-electron chi connectivity index (χ2n) is 24.4. The highest BCUT2D eigenvalue weighted by atomic mass is 32.1. The van der Waals surface area contributed by atoms with Crippen LogP contribution in [0, 0.1) is 11.8 Å². The molecular formula is C72H86N2O4S2. The third-order valence-electron chi connectivity index (χ3n) is 19.3. The standard InChI is InChI=1S/C72H86N2O4S2/c1-7-13-17-19-21-23-25-31-47(41-45(11-5)29-15-9-3)73-69(75)63-61-53-35-27-33-49-56-44-58-52-38-40-80-68(52)66-64(70(76)74(72(66)78)48(42-46(12-6)30-16-10-4)32-26-24-22-20-18-14-8-2)62(58)54-36-28-34-50(60(54)56)55(59(49)53)43-57(61)51-37-39-79-67(51)65(63)71(73)77/h27-28,33-40,43-48H,7-26,29-32,41-42H2,1-6H3. The van der Waals surface area contributed by atoms with Gasteiger partial charge in [0.15, 0.2) is 0 Å². The third kappa shape index (κ3) is 10.0. The Balaban J connectivity index is 1.13. The van der Waals surface area contributed by atoms with Gasteiger partial charge in [-0.2, -0.15) is 0 Å². The minimum atomic E-state index is -0.151. The normalized spacial score (nSPS) is 14.2. The van der Waals surface area contributed by atoms with E-state index >= 15 is 19.2 Å². The number of aromatic nitrogens is 2. The SMILES string of the molecule is CCCCCCCCCC(CC(CC)CCCC)n1c(=O)c2c3sccc3c3cc4c5cccc6c5c(cc5c7ccsc7c7c(=O)n(C(CCCCCCCCC)CC(CC)CCCC)c(=O)c7c56)c5cccc(c54)c3c2c1=O. The summed E-state index contributed by atoms with van der Waals surface area (Å²) in [4.78, 5) is 62.1. The number of nitrogens with zero attached hydrogens (tertiary/aromatic N) is 2. The smallest absolute Gasteiger partial charge is 0.263 e. The summed E-state index contributed by atoms with van der Waals surface area (Å²) in [6.45, 7) is 13.6. The average molecular weight is 1110 g/mol. The Morgan fingerprint density at radius 3 is 1.07 bits per heavy atom. The first-order valence-corrected chi connectivity index (χ1v) is 33.6. The second kappa shape index (κ2) is 25.0. The van der Waals surface area contributed by atoms with Crippen molar-refractivity contribution in [1.29, 1.82) is 0 Å². The highest BCUT2D eigenvalue weighted by Crippen LogP contribution is 2.50. The van der Waals surface area contributed by atoms with Gasteiger partial charge in [0, 0.05) is 43.0 Å². The van der Waals surface area contributed by atoms with E-state index in [2.05, 4.69) is 113 Å². The maximum absolute atomic E-state index is 15.7. The number of hydrogen-bond donors (Lipinski definition) is 0. The van der Waals surface area contributed by atoms with Gasteiger partial charge in [-0.25, -0.2) is 0 Å². The summed E-state index contributed by atoms with van der Waals surface area (Å²) in [6, 6.07) is 21.7. The van der Waals surface area contributed by atoms with Crippen LogP contribution in [0.15, 0.2) is 90.6 Å². The molecule has 4 unspecified atom stereocenters. The van der Waals surface area contributed by atoms with Gasteiger partial charge in [-0.3, -0.25) is 28.3 Å². The summed E-state index contributed by atoms with van der Waals surface area (Å²) < 4.78 is 5.26. The van der Waals surface area contributed by atoms with E-state index in [9.17, 15) is 0 Å². The Hall–Kier alpha value is -5.44. The molecule has 0 saturated heterocycles. The highest BCUT2D eigenvalue weighted by molar-refractivity contribution is 7.18. The van der Waals surface area contributed by atoms with Gasteiger partial charge in [0.25, 0.3) is 22.2 Å². The van der Waals surface area contributed by atoms with Crippen LogP contribution in [0.3, 0.4) is 0 Å². The number of unbranched alkanes of at least 4 members (excludes halogenated alkanes) is 14. The molecule has 4 heterocycles. The lowest BCUT2D eigenvalue weighted by atomic mass is 9.84. The quantitative estimate of drug-likeness (QED) is 0.0255. The first kappa shape index (κ1) is 56.4. The molecule has 4 aromatic heterocycles.